The van der Waals surface area contributed by atoms with E-state index in [0.29, 0.717) is 13.2 Å². The molecule has 0 aromatic heterocycles. The Kier molecular flexibility index (Phi) is 38.2. The topological polar surface area (TPSA) is 52.6 Å². The standard InChI is InChI=1S/C42H78O4/c1-3-5-7-9-11-13-15-17-19-21-23-25-27-29-31-35-39-45-41(43)37-33-34-38-42(44)46-40-36-32-30-28-26-24-22-20-18-16-14-12-10-8-6-4-2/h33-34,37-38H,3-32,35-36,39-40H2,1-2H3/b37-33+,38-34+. The Balaban J connectivity index is 3.38. The van der Waals surface area contributed by atoms with E-state index in [1.807, 2.05) is 0 Å². The maximum atomic E-state index is 11.8. The summed E-state index contributed by atoms with van der Waals surface area (Å²) in [5.74, 6) is -0.709. The Morgan fingerprint density at radius 1 is 0.326 bits per heavy atom. The van der Waals surface area contributed by atoms with Crippen molar-refractivity contribution in [3.05, 3.63) is 24.3 Å². The van der Waals surface area contributed by atoms with Crippen LogP contribution in [0.3, 0.4) is 0 Å². The molecule has 4 heteroatoms. The monoisotopic (exact) mass is 647 g/mol. The van der Waals surface area contributed by atoms with E-state index in [9.17, 15) is 9.59 Å². The van der Waals surface area contributed by atoms with Crippen molar-refractivity contribution in [3.63, 3.8) is 0 Å². The molecule has 0 amide bonds. The molecule has 0 heterocycles. The first-order valence-electron chi connectivity index (χ1n) is 20.4. The summed E-state index contributed by atoms with van der Waals surface area (Å²) in [6.07, 6.45) is 48.4. The predicted molar refractivity (Wildman–Crippen MR) is 199 cm³/mol. The van der Waals surface area contributed by atoms with Crippen LogP contribution in [-0.2, 0) is 19.1 Å². The fraction of sp³-hybridized carbons (Fsp3) is 0.857. The fourth-order valence-electron chi connectivity index (χ4n) is 6.01. The molecule has 0 aliphatic carbocycles. The van der Waals surface area contributed by atoms with E-state index in [1.165, 1.54) is 192 Å². The second-order valence-electron chi connectivity index (χ2n) is 13.7. The molecule has 0 atom stereocenters. The molecule has 0 bridgehead atoms. The third-order valence-corrected chi connectivity index (χ3v) is 9.06. The van der Waals surface area contributed by atoms with Gasteiger partial charge in [0, 0.05) is 12.2 Å². The van der Waals surface area contributed by atoms with Crippen LogP contribution in [-0.4, -0.2) is 25.2 Å². The molecular weight excluding hydrogens is 568 g/mol. The minimum atomic E-state index is -0.354. The molecule has 0 rings (SSSR count). The van der Waals surface area contributed by atoms with Crippen LogP contribution in [0.1, 0.15) is 219 Å². The van der Waals surface area contributed by atoms with Gasteiger partial charge in [0.1, 0.15) is 0 Å². The van der Waals surface area contributed by atoms with Crippen molar-refractivity contribution in [3.8, 4) is 0 Å². The number of ether oxygens (including phenoxy) is 2. The quantitative estimate of drug-likeness (QED) is 0.0292. The Hall–Kier alpha value is -1.58. The van der Waals surface area contributed by atoms with Gasteiger partial charge < -0.3 is 9.47 Å². The summed E-state index contributed by atoms with van der Waals surface area (Å²) < 4.78 is 10.5. The molecule has 270 valence electrons. The highest BCUT2D eigenvalue weighted by Gasteiger charge is 2.00. The van der Waals surface area contributed by atoms with Crippen molar-refractivity contribution < 1.29 is 19.1 Å². The molecule has 4 nitrogen and oxygen atoms in total. The summed E-state index contributed by atoms with van der Waals surface area (Å²) in [5.41, 5.74) is 0. The van der Waals surface area contributed by atoms with Crippen molar-refractivity contribution in [2.75, 3.05) is 13.2 Å². The highest BCUT2D eigenvalue weighted by atomic mass is 16.5. The molecule has 0 fully saturated rings. The molecule has 0 aliphatic rings. The van der Waals surface area contributed by atoms with Gasteiger partial charge in [-0.2, -0.15) is 0 Å². The molecule has 0 saturated heterocycles. The SMILES string of the molecule is CCCCCCCCCCCCCCCCCCOC(=O)/C=C/C=C/C(=O)OCCCCCCCCCCCCCCCCCC. The zero-order chi connectivity index (χ0) is 33.4. The van der Waals surface area contributed by atoms with E-state index >= 15 is 0 Å². The molecule has 0 unspecified atom stereocenters. The van der Waals surface area contributed by atoms with Gasteiger partial charge in [-0.05, 0) is 12.8 Å². The number of unbranched alkanes of at least 4 members (excludes halogenated alkanes) is 30. The summed E-state index contributed by atoms with van der Waals surface area (Å²) in [6, 6.07) is 0. The highest BCUT2D eigenvalue weighted by Crippen LogP contribution is 2.15. The van der Waals surface area contributed by atoms with Crippen LogP contribution in [0.4, 0.5) is 0 Å². The summed E-state index contributed by atoms with van der Waals surface area (Å²) >= 11 is 0. The zero-order valence-electron chi connectivity index (χ0n) is 31.0. The number of carbonyl (C=O) groups is 2. The van der Waals surface area contributed by atoms with Crippen molar-refractivity contribution in [2.24, 2.45) is 0 Å². The summed E-state index contributed by atoms with van der Waals surface area (Å²) in [5, 5.41) is 0. The van der Waals surface area contributed by atoms with Gasteiger partial charge in [0.2, 0.25) is 0 Å². The minimum Gasteiger partial charge on any atom is -0.463 e. The Morgan fingerprint density at radius 3 is 0.739 bits per heavy atom. The molecule has 0 aromatic carbocycles. The molecule has 0 radical (unpaired) electrons. The maximum Gasteiger partial charge on any atom is 0.330 e. The van der Waals surface area contributed by atoms with Gasteiger partial charge in [-0.1, -0.05) is 219 Å². The number of rotatable bonds is 37. The second-order valence-corrected chi connectivity index (χ2v) is 13.7. The average Bonchev–Trinajstić information content (AvgIpc) is 3.06. The Bertz CT molecular complexity index is 625. The van der Waals surface area contributed by atoms with Crippen LogP contribution >= 0.6 is 0 Å². The van der Waals surface area contributed by atoms with Crippen LogP contribution in [0.15, 0.2) is 24.3 Å². The van der Waals surface area contributed by atoms with Gasteiger partial charge in [0.05, 0.1) is 13.2 Å². The Morgan fingerprint density at radius 2 is 0.522 bits per heavy atom. The van der Waals surface area contributed by atoms with E-state index in [2.05, 4.69) is 13.8 Å². The third-order valence-electron chi connectivity index (χ3n) is 9.06. The smallest absolute Gasteiger partial charge is 0.330 e. The lowest BCUT2D eigenvalue weighted by Gasteiger charge is -2.04. The van der Waals surface area contributed by atoms with Crippen LogP contribution in [0.2, 0.25) is 0 Å². The number of carbonyl (C=O) groups excluding carboxylic acids is 2. The first kappa shape index (κ1) is 44.4. The van der Waals surface area contributed by atoms with Crippen molar-refractivity contribution in [1.29, 1.82) is 0 Å². The lowest BCUT2D eigenvalue weighted by Crippen LogP contribution is -2.03. The normalized spacial score (nSPS) is 11.6. The number of hydrogen-bond acceptors (Lipinski definition) is 4. The highest BCUT2D eigenvalue weighted by molar-refractivity contribution is 5.84. The molecule has 0 aliphatic heterocycles. The van der Waals surface area contributed by atoms with Gasteiger partial charge >= 0.3 is 11.9 Å². The Labute approximate surface area is 287 Å². The van der Waals surface area contributed by atoms with Crippen molar-refractivity contribution >= 4 is 11.9 Å². The first-order valence-corrected chi connectivity index (χ1v) is 20.4. The summed E-state index contributed by atoms with van der Waals surface area (Å²) in [4.78, 5) is 23.7. The maximum absolute atomic E-state index is 11.8. The van der Waals surface area contributed by atoms with Gasteiger partial charge in [-0.25, -0.2) is 9.59 Å². The van der Waals surface area contributed by atoms with Crippen LogP contribution in [0.5, 0.6) is 0 Å². The van der Waals surface area contributed by atoms with E-state index in [4.69, 9.17) is 9.47 Å². The molecule has 46 heavy (non-hydrogen) atoms. The molecule has 0 saturated carbocycles. The van der Waals surface area contributed by atoms with Gasteiger partial charge in [0.25, 0.3) is 0 Å². The molecule has 0 aromatic rings. The fourth-order valence-corrected chi connectivity index (χ4v) is 6.01. The van der Waals surface area contributed by atoms with E-state index in [0.717, 1.165) is 25.7 Å². The molecular formula is C42H78O4. The van der Waals surface area contributed by atoms with Gasteiger partial charge in [-0.15, -0.1) is 0 Å². The summed E-state index contributed by atoms with van der Waals surface area (Å²) in [7, 11) is 0. The van der Waals surface area contributed by atoms with E-state index in [1.54, 1.807) is 12.2 Å². The second kappa shape index (κ2) is 39.6. The zero-order valence-corrected chi connectivity index (χ0v) is 31.0. The van der Waals surface area contributed by atoms with Crippen LogP contribution in [0, 0.1) is 0 Å². The number of hydrogen-bond donors (Lipinski definition) is 0. The van der Waals surface area contributed by atoms with E-state index in [-0.39, 0.29) is 11.9 Å². The molecule has 0 spiro atoms. The van der Waals surface area contributed by atoms with Crippen LogP contribution < -0.4 is 0 Å². The van der Waals surface area contributed by atoms with Crippen molar-refractivity contribution in [1.82, 2.24) is 0 Å². The first-order chi connectivity index (χ1) is 22.7. The largest absolute Gasteiger partial charge is 0.463 e. The lowest BCUT2D eigenvalue weighted by atomic mass is 10.0. The van der Waals surface area contributed by atoms with Crippen molar-refractivity contribution in [2.45, 2.75) is 219 Å². The average molecular weight is 647 g/mol. The third kappa shape index (κ3) is 38.6. The predicted octanol–water partition coefficient (Wildman–Crippen LogP) is 13.7. The molecule has 0 N–H and O–H groups in total. The minimum absolute atomic E-state index is 0.354. The summed E-state index contributed by atoms with van der Waals surface area (Å²) in [6.45, 7) is 5.49. The van der Waals surface area contributed by atoms with E-state index < -0.39 is 0 Å². The lowest BCUT2D eigenvalue weighted by molar-refractivity contribution is -0.138. The van der Waals surface area contributed by atoms with Crippen LogP contribution in [0.25, 0.3) is 0 Å². The number of esters is 2. The van der Waals surface area contributed by atoms with Gasteiger partial charge in [0.15, 0.2) is 0 Å². The number of allylic oxidation sites excluding steroid dienone is 2. The van der Waals surface area contributed by atoms with Gasteiger partial charge in [-0.3, -0.25) is 0 Å².